The highest BCUT2D eigenvalue weighted by Gasteiger charge is 2.48. The number of hydrogen-bond acceptors (Lipinski definition) is 8. The van der Waals surface area contributed by atoms with Crippen molar-refractivity contribution in [3.8, 4) is 11.5 Å². The molecule has 0 radical (unpaired) electrons. The Morgan fingerprint density at radius 2 is 1.84 bits per heavy atom. The van der Waals surface area contributed by atoms with Crippen molar-refractivity contribution in [2.24, 2.45) is 10.9 Å². The van der Waals surface area contributed by atoms with Crippen LogP contribution in [0.3, 0.4) is 0 Å². The Morgan fingerprint density at radius 3 is 2.37 bits per heavy atom. The molecule has 2 aliphatic heterocycles. The van der Waals surface area contributed by atoms with E-state index in [9.17, 15) is 22.8 Å². The number of alkyl halides is 3. The molecule has 13 heteroatoms. The molecule has 2 unspecified atom stereocenters. The first-order chi connectivity index (χ1) is 20.5. The number of amides is 1. The summed E-state index contributed by atoms with van der Waals surface area (Å²) in [6.45, 7) is 9.80. The Morgan fingerprint density at radius 1 is 1.16 bits per heavy atom. The Kier molecular flexibility index (Phi) is 12.5. The van der Waals surface area contributed by atoms with E-state index in [0.29, 0.717) is 46.6 Å². The van der Waals surface area contributed by atoms with Crippen molar-refractivity contribution in [1.29, 1.82) is 0 Å². The molecule has 1 amide bonds. The molecule has 0 saturated carbocycles. The third kappa shape index (κ3) is 9.49. The molecule has 2 aromatic rings. The molecule has 43 heavy (non-hydrogen) atoms. The van der Waals surface area contributed by atoms with Crippen molar-refractivity contribution in [2.75, 3.05) is 39.9 Å². The van der Waals surface area contributed by atoms with Gasteiger partial charge in [0.25, 0.3) is 0 Å². The monoisotopic (exact) mass is 626 g/mol. The molecule has 0 aromatic heterocycles. The van der Waals surface area contributed by atoms with Crippen LogP contribution in [0.1, 0.15) is 50.8 Å². The van der Waals surface area contributed by atoms with Gasteiger partial charge in [-0.1, -0.05) is 37.6 Å². The number of nitrogens with zero attached hydrogens (tertiary/aromatic N) is 3. The number of rotatable bonds is 10. The molecule has 2 aliphatic rings. The Balaban J connectivity index is 0.000000546. The van der Waals surface area contributed by atoms with Crippen molar-refractivity contribution < 1.29 is 37.1 Å². The van der Waals surface area contributed by atoms with Gasteiger partial charge in [-0.15, -0.1) is 0 Å². The fourth-order valence-electron chi connectivity index (χ4n) is 4.62. The molecule has 1 saturated heterocycles. The molecule has 1 fully saturated rings. The van der Waals surface area contributed by atoms with E-state index < -0.39 is 24.2 Å². The predicted molar refractivity (Wildman–Crippen MR) is 157 cm³/mol. The third-order valence-corrected chi connectivity index (χ3v) is 7.06. The zero-order valence-corrected chi connectivity index (χ0v) is 25.5. The maximum absolute atomic E-state index is 13.3. The number of halogens is 4. The summed E-state index contributed by atoms with van der Waals surface area (Å²) in [5, 5.41) is 4.57. The highest BCUT2D eigenvalue weighted by molar-refractivity contribution is 6.30. The largest absolute Gasteiger partial charge is 0.497 e. The number of aliphatic imine (C=N–C) groups is 1. The van der Waals surface area contributed by atoms with Gasteiger partial charge in [0.15, 0.2) is 5.84 Å². The average molecular weight is 627 g/mol. The minimum Gasteiger partial charge on any atom is -0.497 e. The summed E-state index contributed by atoms with van der Waals surface area (Å²) in [4.78, 5) is 33.6. The van der Waals surface area contributed by atoms with Crippen LogP contribution in [-0.4, -0.2) is 80.3 Å². The fourth-order valence-corrected chi connectivity index (χ4v) is 4.75. The number of hydrogen-bond donors (Lipinski definition) is 1. The summed E-state index contributed by atoms with van der Waals surface area (Å²) in [6.07, 6.45) is -2.95. The molecule has 2 heterocycles. The summed E-state index contributed by atoms with van der Waals surface area (Å²) >= 11 is 6.04. The first kappa shape index (κ1) is 34.0. The van der Waals surface area contributed by atoms with Gasteiger partial charge in [-0.25, -0.2) is 4.79 Å². The Labute approximate surface area is 254 Å². The van der Waals surface area contributed by atoms with Crippen molar-refractivity contribution in [2.45, 2.75) is 51.9 Å². The van der Waals surface area contributed by atoms with Gasteiger partial charge in [0.2, 0.25) is 6.41 Å². The number of hydroxylamine groups is 2. The number of amidine groups is 1. The van der Waals surface area contributed by atoms with Crippen LogP contribution < -0.4 is 14.8 Å². The van der Waals surface area contributed by atoms with E-state index in [-0.39, 0.29) is 5.84 Å². The van der Waals surface area contributed by atoms with E-state index in [1.165, 1.54) is 7.11 Å². The Hall–Kier alpha value is -3.51. The quantitative estimate of drug-likeness (QED) is 0.352. The molecule has 0 spiro atoms. The van der Waals surface area contributed by atoms with Gasteiger partial charge in [-0.3, -0.25) is 9.79 Å². The number of benzene rings is 2. The molecule has 2 atom stereocenters. The maximum Gasteiger partial charge on any atom is 0.493 e. The summed E-state index contributed by atoms with van der Waals surface area (Å²) in [6, 6.07) is 10.3. The number of piperazine rings is 1. The zero-order valence-electron chi connectivity index (χ0n) is 24.7. The summed E-state index contributed by atoms with van der Waals surface area (Å²) in [5.41, 5.74) is 0.997. The molecule has 236 valence electrons. The summed E-state index contributed by atoms with van der Waals surface area (Å²) in [5.74, 6) is -1.08. The molecular weight excluding hydrogens is 589 g/mol. The van der Waals surface area contributed by atoms with Gasteiger partial charge in [0.05, 0.1) is 25.3 Å². The molecule has 2 aromatic carbocycles. The molecule has 1 N–H and O–H groups in total. The molecular formula is C30H38ClF3N4O5. The van der Waals surface area contributed by atoms with Gasteiger partial charge < -0.3 is 24.5 Å². The average Bonchev–Trinajstić information content (AvgIpc) is 3.34. The van der Waals surface area contributed by atoms with Crippen LogP contribution in [0.4, 0.5) is 13.2 Å². The van der Waals surface area contributed by atoms with E-state index in [2.05, 4.69) is 19.2 Å². The lowest BCUT2D eigenvalue weighted by Gasteiger charge is -2.30. The summed E-state index contributed by atoms with van der Waals surface area (Å²) in [7, 11) is 1.49. The lowest BCUT2D eigenvalue weighted by atomic mass is 9.94. The third-order valence-electron chi connectivity index (χ3n) is 6.81. The standard InChI is InChI=1S/C25H28ClF3N2O4.C5H10N2O/c1-5-34-21-14-18(33-4)11-12-19(21)23-30-20(13-6-15(2)3)22(16-7-9-17(26)10-8-16)31(23)35-24(32)25(27,28)29;8-5-7-3-1-6-2-4-7/h7-12,14-15,20,22H,5-6,13H2,1-4H3;5-6H,1-4H2. The second kappa shape index (κ2) is 15.8. The van der Waals surface area contributed by atoms with Gasteiger partial charge in [-0.2, -0.15) is 18.2 Å². The molecule has 0 aliphatic carbocycles. The number of ether oxygens (including phenoxy) is 2. The SMILES string of the molecule is CCOc1cc(OC)ccc1C1=NC(CCC(C)C)C(c2ccc(Cl)cc2)N1OC(=O)C(F)(F)F.O=CN1CCNCC1. The molecule has 9 nitrogen and oxygen atoms in total. The van der Waals surface area contributed by atoms with Crippen LogP contribution >= 0.6 is 11.6 Å². The second-order valence-corrected chi connectivity index (χ2v) is 10.8. The first-order valence-electron chi connectivity index (χ1n) is 14.1. The Bertz CT molecular complexity index is 1240. The fraction of sp³-hybridized carbons (Fsp3) is 0.500. The van der Waals surface area contributed by atoms with Crippen molar-refractivity contribution >= 4 is 29.8 Å². The van der Waals surface area contributed by atoms with E-state index in [4.69, 9.17) is 30.9 Å². The highest BCUT2D eigenvalue weighted by Crippen LogP contribution is 2.40. The topological polar surface area (TPSA) is 92.7 Å². The number of methoxy groups -OCH3 is 1. The van der Waals surface area contributed by atoms with Gasteiger partial charge in [-0.05, 0) is 55.5 Å². The van der Waals surface area contributed by atoms with Crippen LogP contribution in [0.15, 0.2) is 47.5 Å². The lowest BCUT2D eigenvalue weighted by molar-refractivity contribution is -0.230. The van der Waals surface area contributed by atoms with Crippen LogP contribution in [0.2, 0.25) is 5.02 Å². The lowest BCUT2D eigenvalue weighted by Crippen LogP contribution is -2.42. The minimum atomic E-state index is -5.19. The van der Waals surface area contributed by atoms with Gasteiger partial charge in [0.1, 0.15) is 17.5 Å². The normalized spacial score (nSPS) is 18.5. The van der Waals surface area contributed by atoms with Gasteiger partial charge >= 0.3 is 12.1 Å². The smallest absolute Gasteiger partial charge is 0.493 e. The van der Waals surface area contributed by atoms with Crippen LogP contribution in [0.25, 0.3) is 0 Å². The van der Waals surface area contributed by atoms with Gasteiger partial charge in [0, 0.05) is 37.3 Å². The number of nitrogens with one attached hydrogen (secondary N) is 1. The van der Waals surface area contributed by atoms with Crippen molar-refractivity contribution in [1.82, 2.24) is 15.3 Å². The van der Waals surface area contributed by atoms with Crippen LogP contribution in [0, 0.1) is 5.92 Å². The van der Waals surface area contributed by atoms with E-state index in [1.807, 2.05) is 0 Å². The van der Waals surface area contributed by atoms with Crippen molar-refractivity contribution in [3.05, 3.63) is 58.6 Å². The maximum atomic E-state index is 13.3. The van der Waals surface area contributed by atoms with Crippen LogP contribution in [0.5, 0.6) is 11.5 Å². The predicted octanol–water partition coefficient (Wildman–Crippen LogP) is 5.42. The van der Waals surface area contributed by atoms with Crippen molar-refractivity contribution in [3.63, 3.8) is 0 Å². The van der Waals surface area contributed by atoms with E-state index in [1.54, 1.807) is 54.3 Å². The number of carbonyl (C=O) groups is 2. The zero-order chi connectivity index (χ0) is 31.6. The minimum absolute atomic E-state index is 0.0717. The molecule has 0 bridgehead atoms. The highest BCUT2D eigenvalue weighted by atomic mass is 35.5. The summed E-state index contributed by atoms with van der Waals surface area (Å²) < 4.78 is 50.8. The second-order valence-electron chi connectivity index (χ2n) is 10.4. The van der Waals surface area contributed by atoms with Crippen LogP contribution in [-0.2, 0) is 14.4 Å². The van der Waals surface area contributed by atoms with E-state index in [0.717, 1.165) is 44.1 Å². The molecule has 4 rings (SSSR count). The number of carbonyl (C=O) groups excluding carboxylic acids is 2. The first-order valence-corrected chi connectivity index (χ1v) is 14.5. The van der Waals surface area contributed by atoms with E-state index >= 15 is 0 Å².